The molecule has 2 rings (SSSR count). The minimum Gasteiger partial charge on any atom is -0.409 e. The highest BCUT2D eigenvalue weighted by atomic mass is 32.2. The largest absolute Gasteiger partial charge is 0.409 e. The molecule has 1 aromatic heterocycles. The lowest BCUT2D eigenvalue weighted by Crippen LogP contribution is -2.13. The SMILES string of the molecule is Cc1ccnc(SCc2ccc(C(N)=NO)cc2F)n1. The Kier molecular flexibility index (Phi) is 4.52. The van der Waals surface area contributed by atoms with Crippen molar-refractivity contribution in [3.05, 3.63) is 53.1 Å². The lowest BCUT2D eigenvalue weighted by molar-refractivity contribution is 0.318. The number of nitrogens with zero attached hydrogens (tertiary/aromatic N) is 3. The summed E-state index contributed by atoms with van der Waals surface area (Å²) in [7, 11) is 0. The third kappa shape index (κ3) is 3.45. The number of nitrogens with two attached hydrogens (primary N) is 1. The summed E-state index contributed by atoms with van der Waals surface area (Å²) in [5.74, 6) is -0.120. The molecule has 20 heavy (non-hydrogen) atoms. The second kappa shape index (κ2) is 6.33. The van der Waals surface area contributed by atoms with Crippen molar-refractivity contribution < 1.29 is 9.60 Å². The monoisotopic (exact) mass is 292 g/mol. The standard InChI is InChI=1S/C13H13FN4OS/c1-8-4-5-16-13(17-8)20-7-10-3-2-9(6-11(10)14)12(15)18-19/h2-6,19H,7H2,1H3,(H2,15,18). The topological polar surface area (TPSA) is 84.4 Å². The molecule has 0 saturated carbocycles. The second-order valence-electron chi connectivity index (χ2n) is 4.06. The number of benzene rings is 1. The highest BCUT2D eigenvalue weighted by Crippen LogP contribution is 2.21. The Bertz CT molecular complexity index is 648. The molecule has 1 aromatic carbocycles. The summed E-state index contributed by atoms with van der Waals surface area (Å²) in [5.41, 5.74) is 7.12. The summed E-state index contributed by atoms with van der Waals surface area (Å²) in [6.07, 6.45) is 1.67. The predicted molar refractivity (Wildman–Crippen MR) is 75.2 cm³/mol. The van der Waals surface area contributed by atoms with E-state index in [2.05, 4.69) is 15.1 Å². The summed E-state index contributed by atoms with van der Waals surface area (Å²) in [6, 6.07) is 6.25. The number of aryl methyl sites for hydroxylation is 1. The maximum absolute atomic E-state index is 13.9. The van der Waals surface area contributed by atoms with Gasteiger partial charge in [-0.15, -0.1) is 0 Å². The number of halogens is 1. The fourth-order valence-electron chi connectivity index (χ4n) is 1.52. The van der Waals surface area contributed by atoms with Gasteiger partial charge in [0.15, 0.2) is 11.0 Å². The molecule has 0 aliphatic carbocycles. The summed E-state index contributed by atoms with van der Waals surface area (Å²) in [6.45, 7) is 1.87. The van der Waals surface area contributed by atoms with Gasteiger partial charge in [-0.3, -0.25) is 0 Å². The smallest absolute Gasteiger partial charge is 0.188 e. The van der Waals surface area contributed by atoms with Gasteiger partial charge in [-0.25, -0.2) is 14.4 Å². The van der Waals surface area contributed by atoms with Gasteiger partial charge in [0, 0.05) is 23.2 Å². The van der Waals surface area contributed by atoms with Crippen molar-refractivity contribution in [3.8, 4) is 0 Å². The second-order valence-corrected chi connectivity index (χ2v) is 5.00. The van der Waals surface area contributed by atoms with Crippen LogP contribution in [0.15, 0.2) is 40.8 Å². The van der Waals surface area contributed by atoms with Crippen molar-refractivity contribution >= 4 is 17.6 Å². The summed E-state index contributed by atoms with van der Waals surface area (Å²) in [4.78, 5) is 8.33. The van der Waals surface area contributed by atoms with Crippen LogP contribution in [-0.4, -0.2) is 21.0 Å². The number of amidine groups is 1. The number of rotatable bonds is 4. The molecule has 0 atom stereocenters. The fourth-order valence-corrected chi connectivity index (χ4v) is 2.38. The van der Waals surface area contributed by atoms with E-state index >= 15 is 0 Å². The predicted octanol–water partition coefficient (Wildman–Crippen LogP) is 2.31. The number of hydrogen-bond acceptors (Lipinski definition) is 5. The molecule has 0 amide bonds. The van der Waals surface area contributed by atoms with Crippen LogP contribution in [0.3, 0.4) is 0 Å². The van der Waals surface area contributed by atoms with E-state index in [1.54, 1.807) is 24.4 Å². The van der Waals surface area contributed by atoms with Crippen LogP contribution in [0.1, 0.15) is 16.8 Å². The first-order valence-corrected chi connectivity index (χ1v) is 6.77. The highest BCUT2D eigenvalue weighted by molar-refractivity contribution is 7.98. The molecule has 0 radical (unpaired) electrons. The van der Waals surface area contributed by atoms with E-state index in [4.69, 9.17) is 10.9 Å². The van der Waals surface area contributed by atoms with Crippen LogP contribution in [0.25, 0.3) is 0 Å². The van der Waals surface area contributed by atoms with Crippen LogP contribution >= 0.6 is 11.8 Å². The number of oxime groups is 1. The van der Waals surface area contributed by atoms with Gasteiger partial charge in [0.2, 0.25) is 0 Å². The van der Waals surface area contributed by atoms with Crippen molar-refractivity contribution in [2.45, 2.75) is 17.8 Å². The summed E-state index contributed by atoms with van der Waals surface area (Å²) >= 11 is 1.35. The zero-order chi connectivity index (χ0) is 14.5. The van der Waals surface area contributed by atoms with Gasteiger partial charge in [0.05, 0.1) is 0 Å². The molecule has 104 valence electrons. The molecule has 0 unspecified atom stereocenters. The molecule has 0 bridgehead atoms. The van der Waals surface area contributed by atoms with E-state index in [0.29, 0.717) is 22.0 Å². The highest BCUT2D eigenvalue weighted by Gasteiger charge is 2.08. The van der Waals surface area contributed by atoms with E-state index in [0.717, 1.165) is 5.69 Å². The van der Waals surface area contributed by atoms with Crippen molar-refractivity contribution in [3.63, 3.8) is 0 Å². The Morgan fingerprint density at radius 1 is 1.45 bits per heavy atom. The van der Waals surface area contributed by atoms with Crippen molar-refractivity contribution in [1.82, 2.24) is 9.97 Å². The molecule has 0 aliphatic heterocycles. The van der Waals surface area contributed by atoms with Crippen molar-refractivity contribution in [2.75, 3.05) is 0 Å². The summed E-state index contributed by atoms with van der Waals surface area (Å²) in [5, 5.41) is 12.0. The maximum atomic E-state index is 13.9. The first kappa shape index (κ1) is 14.3. The van der Waals surface area contributed by atoms with E-state index in [1.165, 1.54) is 17.8 Å². The first-order valence-electron chi connectivity index (χ1n) is 5.79. The van der Waals surface area contributed by atoms with Crippen LogP contribution in [0.2, 0.25) is 0 Å². The van der Waals surface area contributed by atoms with Gasteiger partial charge in [-0.05, 0) is 24.6 Å². The Hall–Kier alpha value is -2.15. The minimum absolute atomic E-state index is 0.120. The molecule has 0 saturated heterocycles. The van der Waals surface area contributed by atoms with Gasteiger partial charge in [-0.1, -0.05) is 29.1 Å². The van der Waals surface area contributed by atoms with Gasteiger partial charge < -0.3 is 10.9 Å². The zero-order valence-electron chi connectivity index (χ0n) is 10.7. The Balaban J connectivity index is 2.11. The molecule has 7 heteroatoms. The van der Waals surface area contributed by atoms with Crippen LogP contribution in [0.5, 0.6) is 0 Å². The summed E-state index contributed by atoms with van der Waals surface area (Å²) < 4.78 is 13.9. The molecule has 2 aromatic rings. The lowest BCUT2D eigenvalue weighted by atomic mass is 10.1. The minimum atomic E-state index is -0.408. The first-order chi connectivity index (χ1) is 9.60. The normalized spacial score (nSPS) is 11.6. The van der Waals surface area contributed by atoms with E-state index in [1.807, 2.05) is 6.92 Å². The average Bonchev–Trinajstić information content (AvgIpc) is 2.45. The number of aromatic nitrogens is 2. The number of thioether (sulfide) groups is 1. The third-order valence-electron chi connectivity index (χ3n) is 2.59. The third-order valence-corrected chi connectivity index (χ3v) is 3.50. The Morgan fingerprint density at radius 3 is 2.90 bits per heavy atom. The van der Waals surface area contributed by atoms with Crippen molar-refractivity contribution in [1.29, 1.82) is 0 Å². The average molecular weight is 292 g/mol. The quantitative estimate of drug-likeness (QED) is 0.226. The molecule has 1 heterocycles. The molecule has 0 aliphatic rings. The van der Waals surface area contributed by atoms with Crippen LogP contribution < -0.4 is 5.73 Å². The Morgan fingerprint density at radius 2 is 2.25 bits per heavy atom. The van der Waals surface area contributed by atoms with Crippen LogP contribution in [0, 0.1) is 12.7 Å². The van der Waals surface area contributed by atoms with Crippen LogP contribution in [-0.2, 0) is 5.75 Å². The van der Waals surface area contributed by atoms with Gasteiger partial charge in [0.25, 0.3) is 0 Å². The van der Waals surface area contributed by atoms with Crippen molar-refractivity contribution in [2.24, 2.45) is 10.9 Å². The van der Waals surface area contributed by atoms with Gasteiger partial charge in [0.1, 0.15) is 5.82 Å². The lowest BCUT2D eigenvalue weighted by Gasteiger charge is -2.05. The zero-order valence-corrected chi connectivity index (χ0v) is 11.6. The van der Waals surface area contributed by atoms with Gasteiger partial charge in [-0.2, -0.15) is 0 Å². The Labute approximate surface area is 119 Å². The molecule has 3 N–H and O–H groups in total. The molecule has 5 nitrogen and oxygen atoms in total. The molecular formula is C13H13FN4OS. The van der Waals surface area contributed by atoms with E-state index in [9.17, 15) is 4.39 Å². The molecule has 0 spiro atoms. The fraction of sp³-hybridized carbons (Fsp3) is 0.154. The number of hydrogen-bond donors (Lipinski definition) is 2. The van der Waals surface area contributed by atoms with Crippen LogP contribution in [0.4, 0.5) is 4.39 Å². The maximum Gasteiger partial charge on any atom is 0.188 e. The molecule has 0 fully saturated rings. The van der Waals surface area contributed by atoms with E-state index in [-0.39, 0.29) is 5.84 Å². The van der Waals surface area contributed by atoms with E-state index < -0.39 is 5.82 Å². The van der Waals surface area contributed by atoms with Gasteiger partial charge >= 0.3 is 0 Å². The molecular weight excluding hydrogens is 279 g/mol.